The predicted octanol–water partition coefficient (Wildman–Crippen LogP) is 8.91. The molecule has 1 atom stereocenters. The fourth-order valence-electron chi connectivity index (χ4n) is 5.03. The molecule has 0 fully saturated rings. The Morgan fingerprint density at radius 2 is 1.31 bits per heavy atom. The van der Waals surface area contributed by atoms with Crippen molar-refractivity contribution in [2.24, 2.45) is 0 Å². The lowest BCUT2D eigenvalue weighted by Crippen LogP contribution is -2.33. The summed E-state index contributed by atoms with van der Waals surface area (Å²) in [5.41, 5.74) is -2.23. The first-order valence-corrected chi connectivity index (χ1v) is 18.5. The van der Waals surface area contributed by atoms with E-state index in [-0.39, 0.29) is 28.6 Å². The molecule has 0 radical (unpaired) electrons. The van der Waals surface area contributed by atoms with E-state index in [1.54, 1.807) is 0 Å². The van der Waals surface area contributed by atoms with E-state index < -0.39 is 74.2 Å². The summed E-state index contributed by atoms with van der Waals surface area (Å²) in [5.74, 6) is -14.8. The fourth-order valence-corrected chi connectivity index (χ4v) is 5.85. The van der Waals surface area contributed by atoms with Crippen LogP contribution in [0.2, 0.25) is 5.02 Å². The molecular weight excluding hydrogens is 735 g/mol. The summed E-state index contributed by atoms with van der Waals surface area (Å²) in [6, 6.07) is 7.69. The largest absolute Gasteiger partial charge is 0.506 e. The van der Waals surface area contributed by atoms with Gasteiger partial charge in [0.05, 0.1) is 22.1 Å². The molecule has 52 heavy (non-hydrogen) atoms. The lowest BCUT2D eigenvalue weighted by atomic mass is 10.0. The molecule has 0 aromatic heterocycles. The normalized spacial score (nSPS) is 12.1. The average Bonchev–Trinajstić information content (AvgIpc) is 3.09. The zero-order valence-electron chi connectivity index (χ0n) is 28.9. The standard InChI is InChI=1S/C35H42ClF5N4O6S/c1-4-5-6-7-8-9-10-11-12-13-14-27(51-22-17-15-21(16-18-22)44-52(49,50)45(2)3)34(47)42-24-20-26(46)25(19-23(24)36)43-35(48)28-29(37)31(39)33(41)32(40)30(28)38/h15-20,27,44,46H,4-14H2,1-3H3,(H,42,47)(H,43,48). The summed E-state index contributed by atoms with van der Waals surface area (Å²) in [7, 11) is -1.02. The lowest BCUT2D eigenvalue weighted by Gasteiger charge is -2.20. The van der Waals surface area contributed by atoms with Crippen LogP contribution in [0, 0.1) is 29.1 Å². The highest BCUT2D eigenvalue weighted by Crippen LogP contribution is 2.35. The molecule has 3 aromatic rings. The van der Waals surface area contributed by atoms with Gasteiger partial charge in [0.15, 0.2) is 29.4 Å². The quantitative estimate of drug-likeness (QED) is 0.0298. The molecule has 0 heterocycles. The number of nitrogens with one attached hydrogen (secondary N) is 3. The van der Waals surface area contributed by atoms with E-state index in [9.17, 15) is 45.1 Å². The maximum absolute atomic E-state index is 14.1. The van der Waals surface area contributed by atoms with Crippen molar-refractivity contribution in [3.8, 4) is 11.5 Å². The molecule has 0 aliphatic carbocycles. The number of anilines is 3. The van der Waals surface area contributed by atoms with Crippen molar-refractivity contribution in [3.05, 3.63) is 76.1 Å². The number of carbonyl (C=O) groups excluding carboxylic acids is 2. The van der Waals surface area contributed by atoms with Crippen LogP contribution in [0.1, 0.15) is 87.9 Å². The van der Waals surface area contributed by atoms with Crippen LogP contribution in [-0.2, 0) is 15.0 Å². The van der Waals surface area contributed by atoms with Crippen LogP contribution in [0.3, 0.4) is 0 Å². The number of hydrogen-bond donors (Lipinski definition) is 4. The molecule has 0 bridgehead atoms. The summed E-state index contributed by atoms with van der Waals surface area (Å²) >= 11 is 6.29. The van der Waals surface area contributed by atoms with Crippen molar-refractivity contribution < 1.29 is 49.8 Å². The van der Waals surface area contributed by atoms with E-state index in [1.807, 2.05) is 5.32 Å². The average molecular weight is 777 g/mol. The predicted molar refractivity (Wildman–Crippen MR) is 189 cm³/mol. The molecule has 0 aliphatic rings. The first-order valence-electron chi connectivity index (χ1n) is 16.7. The van der Waals surface area contributed by atoms with Crippen LogP contribution in [0.5, 0.6) is 11.5 Å². The van der Waals surface area contributed by atoms with Gasteiger partial charge in [-0.05, 0) is 43.2 Å². The van der Waals surface area contributed by atoms with Crippen molar-refractivity contribution >= 4 is 50.7 Å². The third-order valence-electron chi connectivity index (χ3n) is 8.00. The van der Waals surface area contributed by atoms with E-state index in [0.29, 0.717) is 6.42 Å². The summed E-state index contributed by atoms with van der Waals surface area (Å²) in [6.07, 6.45) is 9.79. The van der Waals surface area contributed by atoms with Crippen LogP contribution in [0.25, 0.3) is 0 Å². The van der Waals surface area contributed by atoms with Crippen LogP contribution in [-0.4, -0.2) is 49.8 Å². The molecule has 3 rings (SSSR count). The molecule has 0 saturated heterocycles. The number of amides is 2. The third kappa shape index (κ3) is 11.7. The molecule has 17 heteroatoms. The number of halogens is 6. The van der Waals surface area contributed by atoms with Crippen LogP contribution < -0.4 is 20.1 Å². The minimum Gasteiger partial charge on any atom is -0.506 e. The number of nitrogens with zero attached hydrogens (tertiary/aromatic N) is 1. The van der Waals surface area contributed by atoms with Gasteiger partial charge in [0.25, 0.3) is 11.8 Å². The van der Waals surface area contributed by atoms with Gasteiger partial charge < -0.3 is 20.5 Å². The van der Waals surface area contributed by atoms with Crippen molar-refractivity contribution in [3.63, 3.8) is 0 Å². The van der Waals surface area contributed by atoms with Gasteiger partial charge in [-0.3, -0.25) is 14.3 Å². The van der Waals surface area contributed by atoms with Gasteiger partial charge in [-0.25, -0.2) is 22.0 Å². The summed E-state index contributed by atoms with van der Waals surface area (Å²) in [6.45, 7) is 2.17. The fraction of sp³-hybridized carbons (Fsp3) is 0.429. The number of rotatable bonds is 20. The molecule has 0 aliphatic heterocycles. The van der Waals surface area contributed by atoms with Crippen LogP contribution in [0.15, 0.2) is 36.4 Å². The Bertz CT molecular complexity index is 1790. The van der Waals surface area contributed by atoms with Crippen LogP contribution in [0.4, 0.5) is 39.0 Å². The molecule has 286 valence electrons. The minimum absolute atomic E-state index is 0.150. The first kappa shape index (κ1) is 42.3. The topological polar surface area (TPSA) is 137 Å². The zero-order valence-corrected chi connectivity index (χ0v) is 30.5. The molecule has 0 spiro atoms. The SMILES string of the molecule is CCCCCCCCCCCCC(Oc1ccc(NS(=O)(=O)N(C)C)cc1)C(=O)Nc1cc(O)c(NC(=O)c2c(F)c(F)c(F)c(F)c2F)cc1Cl. The molecule has 1 unspecified atom stereocenters. The van der Waals surface area contributed by atoms with Crippen molar-refractivity contribution in [2.75, 3.05) is 29.5 Å². The van der Waals surface area contributed by atoms with Crippen molar-refractivity contribution in [1.29, 1.82) is 0 Å². The molecule has 10 nitrogen and oxygen atoms in total. The highest BCUT2D eigenvalue weighted by atomic mass is 35.5. The second kappa shape index (κ2) is 19.6. The Morgan fingerprint density at radius 3 is 1.85 bits per heavy atom. The highest BCUT2D eigenvalue weighted by molar-refractivity contribution is 7.90. The third-order valence-corrected chi connectivity index (χ3v) is 9.77. The first-order chi connectivity index (χ1) is 24.6. The lowest BCUT2D eigenvalue weighted by molar-refractivity contribution is -0.123. The van der Waals surface area contributed by atoms with Gasteiger partial charge in [0.2, 0.25) is 5.82 Å². The van der Waals surface area contributed by atoms with Gasteiger partial charge in [0.1, 0.15) is 17.1 Å². The van der Waals surface area contributed by atoms with Gasteiger partial charge in [-0.15, -0.1) is 0 Å². The molecule has 0 saturated carbocycles. The van der Waals surface area contributed by atoms with Crippen LogP contribution >= 0.6 is 11.6 Å². The molecule has 3 aromatic carbocycles. The van der Waals surface area contributed by atoms with Crippen molar-refractivity contribution in [1.82, 2.24) is 4.31 Å². The second-order valence-corrected chi connectivity index (χ2v) is 14.5. The maximum atomic E-state index is 14.1. The number of carbonyl (C=O) groups is 2. The minimum atomic E-state index is -3.76. The number of aromatic hydroxyl groups is 1. The Hall–Kier alpha value is -4.15. The van der Waals surface area contributed by atoms with Crippen molar-refractivity contribution in [2.45, 2.75) is 83.7 Å². The molecular formula is C35H42ClF5N4O6S. The van der Waals surface area contributed by atoms with E-state index in [4.69, 9.17) is 16.3 Å². The van der Waals surface area contributed by atoms with E-state index in [1.165, 1.54) is 70.5 Å². The monoisotopic (exact) mass is 776 g/mol. The Balaban J connectivity index is 1.73. The molecule has 4 N–H and O–H groups in total. The Labute approximate surface area is 304 Å². The maximum Gasteiger partial charge on any atom is 0.301 e. The van der Waals surface area contributed by atoms with Gasteiger partial charge in [0, 0.05) is 20.2 Å². The molecule has 2 amide bonds. The number of phenols is 1. The number of hydrogen-bond acceptors (Lipinski definition) is 6. The highest BCUT2D eigenvalue weighted by Gasteiger charge is 2.30. The Kier molecular flexibility index (Phi) is 15.9. The van der Waals surface area contributed by atoms with Gasteiger partial charge in [-0.1, -0.05) is 76.3 Å². The Morgan fingerprint density at radius 1 is 0.788 bits per heavy atom. The number of benzene rings is 3. The number of phenolic OH excluding ortho intramolecular Hbond substituents is 1. The smallest absolute Gasteiger partial charge is 0.301 e. The summed E-state index contributed by atoms with van der Waals surface area (Å²) < 4.78 is 103. The summed E-state index contributed by atoms with van der Waals surface area (Å²) in [5, 5.41) is 14.7. The number of unbranched alkanes of at least 4 members (excludes halogenated alkanes) is 9. The second-order valence-electron chi connectivity index (χ2n) is 12.2. The van der Waals surface area contributed by atoms with Gasteiger partial charge in [-0.2, -0.15) is 12.7 Å². The number of ether oxygens (including phenoxy) is 1. The van der Waals surface area contributed by atoms with E-state index in [2.05, 4.69) is 17.0 Å². The zero-order chi connectivity index (χ0) is 38.6. The summed E-state index contributed by atoms with van der Waals surface area (Å²) in [4.78, 5) is 26.0. The van der Waals surface area contributed by atoms with E-state index in [0.717, 1.165) is 42.1 Å². The van der Waals surface area contributed by atoms with Gasteiger partial charge >= 0.3 is 10.2 Å². The van der Waals surface area contributed by atoms with E-state index >= 15 is 0 Å².